The number of nitrogens with two attached hydrogens (primary N) is 1. The number of hydrogen-bond donors (Lipinski definition) is 1. The highest BCUT2D eigenvalue weighted by Gasteiger charge is 2.11. The maximum atomic E-state index is 6.23. The Balaban J connectivity index is 2.08. The first-order chi connectivity index (χ1) is 9.99. The Hall–Kier alpha value is -1.16. The summed E-state index contributed by atoms with van der Waals surface area (Å²) in [7, 11) is 2.12. The van der Waals surface area contributed by atoms with Crippen LogP contribution in [0.3, 0.4) is 0 Å². The first kappa shape index (κ1) is 16.2. The van der Waals surface area contributed by atoms with E-state index in [0.717, 1.165) is 35.4 Å². The van der Waals surface area contributed by atoms with Crippen molar-refractivity contribution in [2.24, 2.45) is 11.7 Å². The van der Waals surface area contributed by atoms with Crippen LogP contribution in [-0.4, -0.2) is 29.5 Å². The number of fused-ring (bicyclic) bond motifs is 1. The molecule has 1 atom stereocenters. The lowest BCUT2D eigenvalue weighted by atomic mass is 10.0. The minimum atomic E-state index is 0.257. The van der Waals surface area contributed by atoms with E-state index < -0.39 is 0 Å². The Morgan fingerprint density at radius 2 is 2.05 bits per heavy atom. The van der Waals surface area contributed by atoms with E-state index >= 15 is 0 Å². The van der Waals surface area contributed by atoms with Crippen LogP contribution in [0.4, 0.5) is 0 Å². The molecule has 0 aliphatic heterocycles. The molecule has 1 aromatic carbocycles. The Labute approximate surface area is 132 Å². The van der Waals surface area contributed by atoms with Gasteiger partial charge in [-0.25, -0.2) is 0 Å². The first-order valence-corrected chi connectivity index (χ1v) is 7.83. The predicted octanol–water partition coefficient (Wildman–Crippen LogP) is 3.69. The van der Waals surface area contributed by atoms with Crippen LogP contribution in [-0.2, 0) is 6.54 Å². The van der Waals surface area contributed by atoms with Gasteiger partial charge in [0.25, 0.3) is 0 Å². The normalized spacial score (nSPS) is 13.3. The van der Waals surface area contributed by atoms with Crippen LogP contribution in [0.5, 0.6) is 0 Å². The van der Waals surface area contributed by atoms with Gasteiger partial charge in [-0.05, 0) is 49.7 Å². The molecule has 21 heavy (non-hydrogen) atoms. The summed E-state index contributed by atoms with van der Waals surface area (Å²) in [4.78, 5) is 6.77. The summed E-state index contributed by atoms with van der Waals surface area (Å²) in [5.74, 6) is 0.524. The Morgan fingerprint density at radius 3 is 2.76 bits per heavy atom. The summed E-state index contributed by atoms with van der Waals surface area (Å²) in [6, 6.07) is 8.21. The van der Waals surface area contributed by atoms with E-state index in [1.807, 2.05) is 24.4 Å². The highest BCUT2D eigenvalue weighted by atomic mass is 35.5. The van der Waals surface area contributed by atoms with Gasteiger partial charge in [-0.15, -0.1) is 0 Å². The smallest absolute Gasteiger partial charge is 0.0761 e. The molecular formula is C17H24ClN3. The molecule has 4 heteroatoms. The van der Waals surface area contributed by atoms with Crippen LogP contribution < -0.4 is 5.73 Å². The highest BCUT2D eigenvalue weighted by molar-refractivity contribution is 6.35. The van der Waals surface area contributed by atoms with E-state index in [9.17, 15) is 0 Å². The molecule has 3 nitrogen and oxygen atoms in total. The van der Waals surface area contributed by atoms with Gasteiger partial charge in [0.1, 0.15) is 0 Å². The molecule has 0 saturated heterocycles. The molecule has 0 bridgehead atoms. The van der Waals surface area contributed by atoms with Crippen molar-refractivity contribution < 1.29 is 0 Å². The molecule has 1 unspecified atom stereocenters. The molecule has 2 N–H and O–H groups in total. The number of benzene rings is 1. The van der Waals surface area contributed by atoms with Crippen LogP contribution in [0.2, 0.25) is 5.02 Å². The molecule has 0 aliphatic rings. The molecule has 1 heterocycles. The van der Waals surface area contributed by atoms with Crippen molar-refractivity contribution >= 4 is 22.5 Å². The fraction of sp³-hybridized carbons (Fsp3) is 0.471. The second-order valence-corrected chi connectivity index (χ2v) is 6.45. The van der Waals surface area contributed by atoms with Gasteiger partial charge in [0, 0.05) is 29.2 Å². The van der Waals surface area contributed by atoms with Gasteiger partial charge in [-0.3, -0.25) is 4.98 Å². The molecule has 0 amide bonds. The third-order valence-electron chi connectivity index (χ3n) is 3.94. The number of halogens is 1. The molecule has 2 aromatic rings. The van der Waals surface area contributed by atoms with E-state index in [-0.39, 0.29) is 6.04 Å². The van der Waals surface area contributed by atoms with Crippen molar-refractivity contribution in [1.29, 1.82) is 0 Å². The van der Waals surface area contributed by atoms with Crippen LogP contribution >= 0.6 is 11.6 Å². The van der Waals surface area contributed by atoms with Crippen molar-refractivity contribution in [2.75, 3.05) is 13.6 Å². The van der Waals surface area contributed by atoms with Crippen LogP contribution in [0, 0.1) is 5.92 Å². The van der Waals surface area contributed by atoms with Gasteiger partial charge < -0.3 is 10.6 Å². The molecule has 0 aliphatic carbocycles. The summed E-state index contributed by atoms with van der Waals surface area (Å²) in [6.07, 6.45) is 2.82. The summed E-state index contributed by atoms with van der Waals surface area (Å²) in [5, 5.41) is 1.77. The average Bonchev–Trinajstić information content (AvgIpc) is 2.48. The lowest BCUT2D eigenvalue weighted by Gasteiger charge is -2.21. The molecule has 2 rings (SSSR count). The van der Waals surface area contributed by atoms with Crippen LogP contribution in [0.1, 0.15) is 25.8 Å². The number of rotatable bonds is 6. The first-order valence-electron chi connectivity index (χ1n) is 7.45. The zero-order chi connectivity index (χ0) is 15.4. The number of hydrogen-bond acceptors (Lipinski definition) is 3. The third-order valence-corrected chi connectivity index (χ3v) is 4.27. The largest absolute Gasteiger partial charge is 0.327 e. The fourth-order valence-corrected chi connectivity index (χ4v) is 2.61. The Bertz CT molecular complexity index is 598. The summed E-state index contributed by atoms with van der Waals surface area (Å²) < 4.78 is 0. The van der Waals surface area contributed by atoms with Crippen LogP contribution in [0.15, 0.2) is 30.5 Å². The van der Waals surface area contributed by atoms with Crippen molar-refractivity contribution in [2.45, 2.75) is 32.9 Å². The molecule has 114 valence electrons. The van der Waals surface area contributed by atoms with Gasteiger partial charge in [0.2, 0.25) is 0 Å². The molecule has 0 fully saturated rings. The van der Waals surface area contributed by atoms with Crippen molar-refractivity contribution in [3.8, 4) is 0 Å². The van der Waals surface area contributed by atoms with Crippen molar-refractivity contribution in [1.82, 2.24) is 9.88 Å². The zero-order valence-corrected chi connectivity index (χ0v) is 13.8. The van der Waals surface area contributed by atoms with Gasteiger partial charge in [-0.1, -0.05) is 31.5 Å². The molecule has 0 spiro atoms. The maximum absolute atomic E-state index is 6.23. The Morgan fingerprint density at radius 1 is 1.29 bits per heavy atom. The third kappa shape index (κ3) is 4.16. The topological polar surface area (TPSA) is 42.1 Å². The molecule has 0 radical (unpaired) electrons. The lowest BCUT2D eigenvalue weighted by molar-refractivity contribution is 0.297. The molecule has 1 aromatic heterocycles. The van der Waals surface area contributed by atoms with E-state index in [1.54, 1.807) is 0 Å². The summed E-state index contributed by atoms with van der Waals surface area (Å²) in [6.45, 7) is 6.17. The van der Waals surface area contributed by atoms with Crippen LogP contribution in [0.25, 0.3) is 10.9 Å². The second-order valence-electron chi connectivity index (χ2n) is 6.04. The second kappa shape index (κ2) is 7.21. The maximum Gasteiger partial charge on any atom is 0.0761 e. The molecular weight excluding hydrogens is 282 g/mol. The van der Waals surface area contributed by atoms with E-state index in [0.29, 0.717) is 5.92 Å². The van der Waals surface area contributed by atoms with Gasteiger partial charge in [0.15, 0.2) is 0 Å². The van der Waals surface area contributed by atoms with E-state index in [4.69, 9.17) is 17.3 Å². The lowest BCUT2D eigenvalue weighted by Crippen LogP contribution is -2.31. The number of pyridine rings is 1. The fourth-order valence-electron chi connectivity index (χ4n) is 2.40. The van der Waals surface area contributed by atoms with Crippen molar-refractivity contribution in [3.05, 3.63) is 41.0 Å². The number of nitrogens with zero attached hydrogens (tertiary/aromatic N) is 2. The van der Waals surface area contributed by atoms with Gasteiger partial charge in [-0.2, -0.15) is 0 Å². The summed E-state index contributed by atoms with van der Waals surface area (Å²) in [5.41, 5.74) is 8.31. The van der Waals surface area contributed by atoms with Crippen molar-refractivity contribution in [3.63, 3.8) is 0 Å². The quantitative estimate of drug-likeness (QED) is 0.885. The predicted molar refractivity (Wildman–Crippen MR) is 90.5 cm³/mol. The van der Waals surface area contributed by atoms with E-state index in [1.165, 1.54) is 5.56 Å². The minimum absolute atomic E-state index is 0.257. The van der Waals surface area contributed by atoms with E-state index in [2.05, 4.69) is 36.8 Å². The monoisotopic (exact) mass is 305 g/mol. The van der Waals surface area contributed by atoms with Gasteiger partial charge in [0.05, 0.1) is 5.52 Å². The molecule has 0 saturated carbocycles. The number of aromatic nitrogens is 1. The SMILES string of the molecule is CC(C)C(N)CCN(C)Cc1ccc(Cl)c2cccnc12. The zero-order valence-electron chi connectivity index (χ0n) is 13.0. The minimum Gasteiger partial charge on any atom is -0.327 e. The standard InChI is InChI=1S/C17H24ClN3/c1-12(2)16(19)8-10-21(3)11-13-6-7-15(18)14-5-4-9-20-17(13)14/h4-7,9,12,16H,8,10-11,19H2,1-3H3. The summed E-state index contributed by atoms with van der Waals surface area (Å²) >= 11 is 6.23. The Kier molecular flexibility index (Phi) is 5.57. The highest BCUT2D eigenvalue weighted by Crippen LogP contribution is 2.25. The average molecular weight is 306 g/mol. The van der Waals surface area contributed by atoms with Gasteiger partial charge >= 0.3 is 0 Å².